The fraction of sp³-hybridized carbons (Fsp3) is 0.667. The molecule has 142 valence electrons. The summed E-state index contributed by atoms with van der Waals surface area (Å²) in [5.74, 6) is 1.03. The van der Waals surface area contributed by atoms with Crippen molar-refractivity contribution < 1.29 is 19.4 Å². The quantitative estimate of drug-likeness (QED) is 0.412. The largest absolute Gasteiger partial charge is 0.504 e. The topological polar surface area (TPSA) is 55.8 Å². The predicted molar refractivity (Wildman–Crippen MR) is 101 cm³/mol. The van der Waals surface area contributed by atoms with Gasteiger partial charge in [-0.15, -0.1) is 0 Å². The highest BCUT2D eigenvalue weighted by atomic mass is 16.5. The second-order valence-corrected chi connectivity index (χ2v) is 6.97. The van der Waals surface area contributed by atoms with Crippen LogP contribution in [-0.2, 0) is 16.0 Å². The smallest absolute Gasteiger partial charge is 0.302 e. The number of aryl methyl sites for hydroxylation is 1. The number of carbonyl (C=O) groups is 1. The summed E-state index contributed by atoms with van der Waals surface area (Å²) < 4.78 is 10.7. The van der Waals surface area contributed by atoms with E-state index < -0.39 is 0 Å². The molecule has 0 saturated heterocycles. The van der Waals surface area contributed by atoms with Gasteiger partial charge in [-0.3, -0.25) is 4.79 Å². The third-order valence-electron chi connectivity index (χ3n) is 4.53. The molecule has 0 amide bonds. The first-order valence-corrected chi connectivity index (χ1v) is 9.49. The summed E-state index contributed by atoms with van der Waals surface area (Å²) in [6.45, 7) is 5.95. The first-order valence-electron chi connectivity index (χ1n) is 9.49. The number of esters is 1. The monoisotopic (exact) mass is 350 g/mol. The summed E-state index contributed by atoms with van der Waals surface area (Å²) in [7, 11) is 1.55. The molecule has 0 aliphatic heterocycles. The molecule has 0 bridgehead atoms. The van der Waals surface area contributed by atoms with Crippen LogP contribution in [0.15, 0.2) is 18.2 Å². The van der Waals surface area contributed by atoms with Crippen molar-refractivity contribution in [1.29, 1.82) is 0 Å². The number of rotatable bonds is 12. The number of hydrogen-bond acceptors (Lipinski definition) is 4. The van der Waals surface area contributed by atoms with E-state index in [-0.39, 0.29) is 17.8 Å². The van der Waals surface area contributed by atoms with Crippen molar-refractivity contribution in [3.63, 3.8) is 0 Å². The van der Waals surface area contributed by atoms with Crippen molar-refractivity contribution in [1.82, 2.24) is 0 Å². The van der Waals surface area contributed by atoms with E-state index in [1.54, 1.807) is 13.2 Å². The minimum absolute atomic E-state index is 0.00635. The molecule has 2 atom stereocenters. The number of phenols is 1. The van der Waals surface area contributed by atoms with E-state index in [0.29, 0.717) is 11.7 Å². The second-order valence-electron chi connectivity index (χ2n) is 6.97. The van der Waals surface area contributed by atoms with Crippen molar-refractivity contribution in [2.45, 2.75) is 78.2 Å². The van der Waals surface area contributed by atoms with Gasteiger partial charge in [0.2, 0.25) is 0 Å². The van der Waals surface area contributed by atoms with Crippen LogP contribution >= 0.6 is 0 Å². The molecule has 0 aliphatic carbocycles. The predicted octanol–water partition coefficient (Wildman–Crippen LogP) is 5.26. The van der Waals surface area contributed by atoms with Crippen LogP contribution < -0.4 is 4.74 Å². The van der Waals surface area contributed by atoms with Gasteiger partial charge in [-0.2, -0.15) is 0 Å². The molecule has 25 heavy (non-hydrogen) atoms. The zero-order chi connectivity index (χ0) is 18.7. The van der Waals surface area contributed by atoms with E-state index in [1.165, 1.54) is 32.6 Å². The van der Waals surface area contributed by atoms with Gasteiger partial charge in [-0.25, -0.2) is 0 Å². The third kappa shape index (κ3) is 8.80. The average Bonchev–Trinajstić information content (AvgIpc) is 2.56. The van der Waals surface area contributed by atoms with Crippen LogP contribution in [0, 0.1) is 5.92 Å². The highest BCUT2D eigenvalue weighted by Crippen LogP contribution is 2.27. The van der Waals surface area contributed by atoms with Gasteiger partial charge in [0.1, 0.15) is 6.10 Å². The highest BCUT2D eigenvalue weighted by molar-refractivity contribution is 5.66. The molecular weight excluding hydrogens is 316 g/mol. The van der Waals surface area contributed by atoms with Crippen molar-refractivity contribution >= 4 is 5.97 Å². The van der Waals surface area contributed by atoms with E-state index in [0.717, 1.165) is 31.2 Å². The molecule has 4 heteroatoms. The molecule has 1 aromatic carbocycles. The lowest BCUT2D eigenvalue weighted by molar-refractivity contribution is -0.147. The molecule has 0 aliphatic rings. The van der Waals surface area contributed by atoms with Crippen LogP contribution in [-0.4, -0.2) is 24.3 Å². The number of ether oxygens (including phenoxy) is 2. The molecule has 2 unspecified atom stereocenters. The Morgan fingerprint density at radius 2 is 1.96 bits per heavy atom. The molecule has 0 spiro atoms. The molecule has 0 fully saturated rings. The Morgan fingerprint density at radius 1 is 1.20 bits per heavy atom. The molecule has 1 N–H and O–H groups in total. The Balaban J connectivity index is 2.48. The summed E-state index contributed by atoms with van der Waals surface area (Å²) >= 11 is 0. The Labute approximate surface area is 152 Å². The summed E-state index contributed by atoms with van der Waals surface area (Å²) in [6.07, 6.45) is 8.54. The number of hydrogen-bond donors (Lipinski definition) is 1. The Hall–Kier alpha value is -1.71. The van der Waals surface area contributed by atoms with E-state index in [9.17, 15) is 9.90 Å². The van der Waals surface area contributed by atoms with E-state index in [2.05, 4.69) is 13.8 Å². The zero-order valence-electron chi connectivity index (χ0n) is 16.2. The highest BCUT2D eigenvalue weighted by Gasteiger charge is 2.16. The van der Waals surface area contributed by atoms with Gasteiger partial charge in [-0.05, 0) is 49.3 Å². The molecule has 1 rings (SSSR count). The molecule has 4 nitrogen and oxygen atoms in total. The number of phenolic OH excluding ortho intramolecular Hbond substituents is 1. The van der Waals surface area contributed by atoms with Gasteiger partial charge in [0, 0.05) is 6.92 Å². The minimum atomic E-state index is -0.197. The number of benzene rings is 1. The average molecular weight is 350 g/mol. The Bertz CT molecular complexity index is 513. The lowest BCUT2D eigenvalue weighted by Crippen LogP contribution is -2.19. The van der Waals surface area contributed by atoms with E-state index in [4.69, 9.17) is 9.47 Å². The summed E-state index contributed by atoms with van der Waals surface area (Å²) in [6, 6.07) is 5.43. The number of unbranched alkanes of at least 4 members (excludes halogenated alkanes) is 2. The van der Waals surface area contributed by atoms with Crippen LogP contribution in [0.4, 0.5) is 0 Å². The zero-order valence-corrected chi connectivity index (χ0v) is 16.2. The fourth-order valence-corrected chi connectivity index (χ4v) is 3.18. The third-order valence-corrected chi connectivity index (χ3v) is 4.53. The number of carbonyl (C=O) groups excluding carboxylic acids is 1. The minimum Gasteiger partial charge on any atom is -0.504 e. The molecular formula is C21H34O4. The van der Waals surface area contributed by atoms with Crippen LogP contribution in [0.2, 0.25) is 0 Å². The van der Waals surface area contributed by atoms with Crippen molar-refractivity contribution in [3.8, 4) is 11.5 Å². The van der Waals surface area contributed by atoms with Gasteiger partial charge in [0.15, 0.2) is 11.5 Å². The van der Waals surface area contributed by atoms with Crippen LogP contribution in [0.3, 0.4) is 0 Å². The molecule has 1 aromatic rings. The second kappa shape index (κ2) is 11.8. The van der Waals surface area contributed by atoms with Crippen LogP contribution in [0.25, 0.3) is 0 Å². The van der Waals surface area contributed by atoms with Gasteiger partial charge < -0.3 is 14.6 Å². The first kappa shape index (κ1) is 21.3. The van der Waals surface area contributed by atoms with Crippen molar-refractivity contribution in [3.05, 3.63) is 23.8 Å². The van der Waals surface area contributed by atoms with Crippen LogP contribution in [0.1, 0.15) is 71.3 Å². The van der Waals surface area contributed by atoms with Crippen LogP contribution in [0.5, 0.6) is 11.5 Å². The lowest BCUT2D eigenvalue weighted by atomic mass is 9.94. The van der Waals surface area contributed by atoms with Gasteiger partial charge in [0.05, 0.1) is 7.11 Å². The maximum absolute atomic E-state index is 11.4. The van der Waals surface area contributed by atoms with Gasteiger partial charge >= 0.3 is 5.97 Å². The molecule has 0 heterocycles. The lowest BCUT2D eigenvalue weighted by Gasteiger charge is -2.21. The Morgan fingerprint density at radius 3 is 2.60 bits per heavy atom. The molecule has 0 saturated carbocycles. The van der Waals surface area contributed by atoms with Crippen molar-refractivity contribution in [2.75, 3.05) is 7.11 Å². The van der Waals surface area contributed by atoms with Gasteiger partial charge in [-0.1, -0.05) is 45.6 Å². The first-order chi connectivity index (χ1) is 12.0. The van der Waals surface area contributed by atoms with Gasteiger partial charge in [0.25, 0.3) is 0 Å². The van der Waals surface area contributed by atoms with E-state index >= 15 is 0 Å². The standard InChI is InChI=1S/C21H34O4/c1-5-6-7-9-16(2)14-19(25-17(3)22)11-8-10-18-12-13-20(23)21(15-18)24-4/h12-13,15-16,19,23H,5-11,14H2,1-4H3. The normalized spacial score (nSPS) is 13.3. The van der Waals surface area contributed by atoms with E-state index in [1.807, 2.05) is 12.1 Å². The number of methoxy groups -OCH3 is 1. The fourth-order valence-electron chi connectivity index (χ4n) is 3.18. The molecule has 0 radical (unpaired) electrons. The maximum Gasteiger partial charge on any atom is 0.302 e. The summed E-state index contributed by atoms with van der Waals surface area (Å²) in [5.41, 5.74) is 1.12. The Kier molecular flexibility index (Phi) is 10.0. The van der Waals surface area contributed by atoms with Crippen molar-refractivity contribution in [2.24, 2.45) is 5.92 Å². The maximum atomic E-state index is 11.4. The summed E-state index contributed by atoms with van der Waals surface area (Å²) in [4.78, 5) is 11.4. The summed E-state index contributed by atoms with van der Waals surface area (Å²) in [5, 5.41) is 9.65. The SMILES string of the molecule is CCCCCC(C)CC(CCCc1ccc(O)c(OC)c1)OC(C)=O. The number of aromatic hydroxyl groups is 1. The molecule has 0 aromatic heterocycles.